The number of hydrogen-bond donors (Lipinski definition) is 0. The molecule has 0 amide bonds. The number of para-hydroxylation sites is 6. The van der Waals surface area contributed by atoms with E-state index in [1.165, 1.54) is 78.2 Å². The van der Waals surface area contributed by atoms with Crippen LogP contribution in [0.3, 0.4) is 0 Å². The fraction of sp³-hybridized carbons (Fsp3) is 0.0833. The average Bonchev–Trinajstić information content (AvgIpc) is 0.823. The molecule has 4 aliphatic heterocycles. The lowest BCUT2D eigenvalue weighted by Crippen LogP contribution is -2.57. The lowest BCUT2D eigenvalue weighted by Gasteiger charge is -2.52. The second-order valence-electron chi connectivity index (χ2n) is 25.7. The second kappa shape index (κ2) is 21.6. The molecule has 19 rings (SSSR count). The SMILES string of the molecule is CC1(C)c2ccccc2C2(c3ccccc3N(c3sccc3-c3cc4c5c(c3)Oc3ccccc3B5c3ccccc3O4)c3ccccc32)c2ccccc21.CC1(C)c2ccccc2N(c2sccc2-c2nc(-c3ccccc3)nc(-c3ccccc3)n2)c2ccccc21. The number of thiophene rings is 2. The summed E-state index contributed by atoms with van der Waals surface area (Å²) in [5.41, 5.74) is 23.1. The third-order valence-corrected chi connectivity index (χ3v) is 21.8. The van der Waals surface area contributed by atoms with Crippen LogP contribution in [-0.2, 0) is 16.2 Å². The van der Waals surface area contributed by atoms with Crippen LogP contribution in [0.15, 0.2) is 290 Å². The van der Waals surface area contributed by atoms with Crippen LogP contribution < -0.4 is 35.7 Å². The molecule has 10 heteroatoms. The maximum atomic E-state index is 6.74. The van der Waals surface area contributed by atoms with Crippen LogP contribution in [0.1, 0.15) is 72.2 Å². The molecule has 0 fully saturated rings. The van der Waals surface area contributed by atoms with Gasteiger partial charge in [-0.1, -0.05) is 246 Å². The van der Waals surface area contributed by atoms with Crippen molar-refractivity contribution >= 4 is 78.5 Å². The molecule has 7 nitrogen and oxygen atoms in total. The highest BCUT2D eigenvalue weighted by molar-refractivity contribution is 7.15. The molecule has 0 N–H and O–H groups in total. The summed E-state index contributed by atoms with van der Waals surface area (Å²) < 4.78 is 13.5. The van der Waals surface area contributed by atoms with Crippen molar-refractivity contribution in [2.75, 3.05) is 9.80 Å². The standard InChI is InChI=1S/C50H34BNO2S.C34H26N4S/c1-49(2)33-15-3-5-17-35(33)50(36-18-6-4-16-34(36)49)37-19-7-11-23-41(37)52(42-24-12-8-20-38(42)50)48-32(27-28-55-48)31-29-45-47-46(30-31)54-44-26-14-10-22-40(44)51(47)39-21-9-13-25-43(39)53-45;1-34(2)26-17-9-11-19-28(26)38(29-20-12-10-18-27(29)34)33-25(21-22-39-33)32-36-30(23-13-5-3-6-14-23)35-31(37-32)24-15-7-4-8-16-24/h3-30H,1-2H3;3-22H,1-2H3. The van der Waals surface area contributed by atoms with Gasteiger partial charge in [0.2, 0.25) is 0 Å². The van der Waals surface area contributed by atoms with Crippen LogP contribution in [0.25, 0.3) is 45.3 Å². The molecule has 0 bridgehead atoms. The van der Waals surface area contributed by atoms with Crippen molar-refractivity contribution in [3.8, 4) is 68.3 Å². The Labute approximate surface area is 555 Å². The fourth-order valence-corrected chi connectivity index (χ4v) is 17.6. The molecule has 14 aromatic rings. The Morgan fingerprint density at radius 2 is 0.670 bits per heavy atom. The number of aromatic nitrogens is 3. The van der Waals surface area contributed by atoms with Crippen LogP contribution in [0, 0.1) is 0 Å². The predicted octanol–water partition coefficient (Wildman–Crippen LogP) is 20.0. The predicted molar refractivity (Wildman–Crippen MR) is 387 cm³/mol. The zero-order valence-electron chi connectivity index (χ0n) is 52.2. The van der Waals surface area contributed by atoms with E-state index in [0.717, 1.165) is 66.3 Å². The number of fused-ring (bicyclic) bond motifs is 14. The van der Waals surface area contributed by atoms with Gasteiger partial charge >= 0.3 is 0 Å². The van der Waals surface area contributed by atoms with Gasteiger partial charge in [-0.2, -0.15) is 0 Å². The van der Waals surface area contributed by atoms with Gasteiger partial charge in [-0.05, 0) is 132 Å². The molecule has 0 saturated carbocycles. The van der Waals surface area contributed by atoms with E-state index in [1.807, 2.05) is 60.7 Å². The molecule has 11 aromatic carbocycles. The highest BCUT2D eigenvalue weighted by Crippen LogP contribution is 2.64. The maximum absolute atomic E-state index is 6.74. The number of ether oxygens (including phenoxy) is 2. The minimum absolute atomic E-state index is 0.0409. The molecule has 448 valence electrons. The normalized spacial score (nSPS) is 14.7. The zero-order valence-corrected chi connectivity index (χ0v) is 53.8. The summed E-state index contributed by atoms with van der Waals surface area (Å²) >= 11 is 3.48. The van der Waals surface area contributed by atoms with Crippen molar-refractivity contribution in [1.82, 2.24) is 15.0 Å². The minimum Gasteiger partial charge on any atom is -0.458 e. The topological polar surface area (TPSA) is 63.6 Å². The highest BCUT2D eigenvalue weighted by atomic mass is 32.1. The smallest absolute Gasteiger partial charge is 0.260 e. The number of anilines is 6. The highest BCUT2D eigenvalue weighted by Gasteiger charge is 2.54. The summed E-state index contributed by atoms with van der Waals surface area (Å²) in [5, 5.41) is 6.59. The first kappa shape index (κ1) is 55.9. The van der Waals surface area contributed by atoms with E-state index < -0.39 is 5.41 Å². The number of rotatable bonds is 6. The maximum Gasteiger partial charge on any atom is 0.260 e. The van der Waals surface area contributed by atoms with Gasteiger partial charge in [0.1, 0.15) is 33.0 Å². The van der Waals surface area contributed by atoms with Crippen LogP contribution in [-0.4, -0.2) is 21.7 Å². The molecule has 1 spiro atoms. The molecule has 94 heavy (non-hydrogen) atoms. The Balaban J connectivity index is 0.000000147. The van der Waals surface area contributed by atoms with Crippen molar-refractivity contribution in [1.29, 1.82) is 0 Å². The van der Waals surface area contributed by atoms with Crippen LogP contribution >= 0.6 is 22.7 Å². The summed E-state index contributed by atoms with van der Waals surface area (Å²) in [6, 6.07) is 99.7. The first-order chi connectivity index (χ1) is 46.2. The van der Waals surface area contributed by atoms with Gasteiger partial charge in [0.05, 0.1) is 33.7 Å². The van der Waals surface area contributed by atoms with Gasteiger partial charge in [-0.3, -0.25) is 0 Å². The molecule has 0 atom stereocenters. The zero-order chi connectivity index (χ0) is 62.9. The van der Waals surface area contributed by atoms with Crippen LogP contribution in [0.2, 0.25) is 0 Å². The quantitative estimate of drug-likeness (QED) is 0.154. The van der Waals surface area contributed by atoms with Gasteiger partial charge < -0.3 is 19.3 Å². The van der Waals surface area contributed by atoms with Crippen LogP contribution in [0.4, 0.5) is 32.8 Å². The minimum atomic E-state index is -0.503. The molecular weight excluding hydrogens is 1190 g/mol. The Hall–Kier alpha value is -10.9. The van der Waals surface area contributed by atoms with Gasteiger partial charge in [0.15, 0.2) is 17.5 Å². The van der Waals surface area contributed by atoms with Gasteiger partial charge in [-0.25, -0.2) is 15.0 Å². The van der Waals surface area contributed by atoms with Crippen molar-refractivity contribution < 1.29 is 9.47 Å². The van der Waals surface area contributed by atoms with Crippen LogP contribution in [0.5, 0.6) is 23.0 Å². The molecule has 0 radical (unpaired) electrons. The monoisotopic (exact) mass is 1250 g/mol. The summed E-state index contributed by atoms with van der Waals surface area (Å²) in [4.78, 5) is 19.8. The lowest BCUT2D eigenvalue weighted by molar-refractivity contribution is 0.465. The summed E-state index contributed by atoms with van der Waals surface area (Å²) in [7, 11) is 0. The van der Waals surface area contributed by atoms with E-state index in [-0.39, 0.29) is 17.5 Å². The van der Waals surface area contributed by atoms with Crippen molar-refractivity contribution in [2.45, 2.75) is 43.9 Å². The van der Waals surface area contributed by atoms with E-state index in [0.29, 0.717) is 17.5 Å². The number of hydrogen-bond acceptors (Lipinski definition) is 9. The molecule has 1 aliphatic carbocycles. The molecular formula is C84H60BN5O2S2. The van der Waals surface area contributed by atoms with E-state index in [1.54, 1.807) is 22.7 Å². The molecule has 7 heterocycles. The van der Waals surface area contributed by atoms with Crippen molar-refractivity contribution in [3.05, 3.63) is 334 Å². The third kappa shape index (κ3) is 8.38. The van der Waals surface area contributed by atoms with E-state index in [4.69, 9.17) is 24.4 Å². The van der Waals surface area contributed by atoms with Crippen molar-refractivity contribution in [3.63, 3.8) is 0 Å². The average molecular weight is 1250 g/mol. The molecule has 0 saturated heterocycles. The summed E-state index contributed by atoms with van der Waals surface area (Å²) in [5.74, 6) is 5.48. The van der Waals surface area contributed by atoms with Gasteiger partial charge in [0, 0.05) is 33.0 Å². The van der Waals surface area contributed by atoms with E-state index in [2.05, 4.69) is 267 Å². The van der Waals surface area contributed by atoms with E-state index in [9.17, 15) is 0 Å². The number of benzene rings is 11. The Kier molecular flexibility index (Phi) is 12.8. The van der Waals surface area contributed by atoms with Gasteiger partial charge in [-0.15, -0.1) is 22.7 Å². The van der Waals surface area contributed by atoms with E-state index >= 15 is 0 Å². The van der Waals surface area contributed by atoms with Crippen molar-refractivity contribution in [2.24, 2.45) is 0 Å². The fourth-order valence-electron chi connectivity index (χ4n) is 15.8. The molecule has 3 aromatic heterocycles. The third-order valence-electron chi connectivity index (χ3n) is 20.0. The first-order valence-electron chi connectivity index (χ1n) is 32.1. The lowest BCUT2D eigenvalue weighted by atomic mass is 9.35. The largest absolute Gasteiger partial charge is 0.458 e. The second-order valence-corrected chi connectivity index (χ2v) is 27.5. The Morgan fingerprint density at radius 3 is 1.15 bits per heavy atom. The first-order valence-corrected chi connectivity index (χ1v) is 33.8. The van der Waals surface area contributed by atoms with Gasteiger partial charge in [0.25, 0.3) is 6.71 Å². The summed E-state index contributed by atoms with van der Waals surface area (Å²) in [6.07, 6.45) is 0. The number of nitrogens with zero attached hydrogens (tertiary/aromatic N) is 5. The Bertz CT molecular complexity index is 5070. The Morgan fingerprint density at radius 1 is 0.319 bits per heavy atom. The molecule has 0 unspecified atom stereocenters. The summed E-state index contributed by atoms with van der Waals surface area (Å²) in [6.45, 7) is 9.41. The molecule has 5 aliphatic rings.